The van der Waals surface area contributed by atoms with E-state index >= 15 is 0 Å². The first kappa shape index (κ1) is 32.6. The summed E-state index contributed by atoms with van der Waals surface area (Å²) in [5.74, 6) is -0.799. The summed E-state index contributed by atoms with van der Waals surface area (Å²) in [6.07, 6.45) is 8.07. The van der Waals surface area contributed by atoms with E-state index in [1.807, 2.05) is 54.6 Å². The molecule has 2 aromatic carbocycles. The zero-order valence-corrected chi connectivity index (χ0v) is 24.4. The minimum atomic E-state index is -0.628. The zero-order chi connectivity index (χ0) is 30.2. The van der Waals surface area contributed by atoms with E-state index in [0.717, 1.165) is 29.7 Å². The first-order valence-corrected chi connectivity index (χ1v) is 14.7. The van der Waals surface area contributed by atoms with Crippen LogP contribution in [0.5, 0.6) is 5.75 Å². The summed E-state index contributed by atoms with van der Waals surface area (Å²) in [5.41, 5.74) is 1.39. The first-order valence-electron chi connectivity index (χ1n) is 14.7. The van der Waals surface area contributed by atoms with Crippen molar-refractivity contribution in [1.82, 2.24) is 10.6 Å². The van der Waals surface area contributed by atoms with E-state index in [1.165, 1.54) is 0 Å². The summed E-state index contributed by atoms with van der Waals surface area (Å²) >= 11 is 0. The lowest BCUT2D eigenvalue weighted by molar-refractivity contribution is -0.147. The molecule has 0 radical (unpaired) electrons. The molecular weight excluding hydrogens is 532 g/mol. The maximum Gasteiger partial charge on any atom is 0.306 e. The molecule has 1 saturated carbocycles. The van der Waals surface area contributed by atoms with Gasteiger partial charge in [-0.05, 0) is 55.4 Å². The highest BCUT2D eigenvalue weighted by Gasteiger charge is 2.38. The molecule has 0 aromatic heterocycles. The molecule has 1 aliphatic carbocycles. The van der Waals surface area contributed by atoms with Crippen LogP contribution in [-0.4, -0.2) is 47.7 Å². The SMILES string of the molecule is C=CCCC(=O)OCC1(NC(=O)C(CC=C)CC(=O)NC(CO)Cc2ccc(OCc3ccccc3)cc2)CCCC1. The van der Waals surface area contributed by atoms with Crippen molar-refractivity contribution in [2.45, 2.75) is 76.0 Å². The van der Waals surface area contributed by atoms with Crippen molar-refractivity contribution in [2.75, 3.05) is 13.2 Å². The van der Waals surface area contributed by atoms with E-state index in [2.05, 4.69) is 23.8 Å². The second kappa shape index (κ2) is 17.1. The Labute approximate surface area is 249 Å². The minimum Gasteiger partial charge on any atom is -0.489 e. The van der Waals surface area contributed by atoms with E-state index in [1.54, 1.807) is 12.2 Å². The molecule has 2 amide bonds. The van der Waals surface area contributed by atoms with Crippen LogP contribution in [0.2, 0.25) is 0 Å². The number of benzene rings is 2. The lowest BCUT2D eigenvalue weighted by Crippen LogP contribution is -2.52. The van der Waals surface area contributed by atoms with E-state index in [4.69, 9.17) is 9.47 Å². The average Bonchev–Trinajstić information content (AvgIpc) is 3.47. The van der Waals surface area contributed by atoms with Crippen molar-refractivity contribution in [1.29, 1.82) is 0 Å². The van der Waals surface area contributed by atoms with Gasteiger partial charge in [0.05, 0.1) is 24.1 Å². The molecule has 8 heteroatoms. The van der Waals surface area contributed by atoms with Crippen LogP contribution < -0.4 is 15.4 Å². The molecule has 0 saturated heterocycles. The van der Waals surface area contributed by atoms with Crippen LogP contribution in [-0.2, 0) is 32.1 Å². The number of rotatable bonds is 18. The maximum absolute atomic E-state index is 13.3. The molecule has 0 bridgehead atoms. The van der Waals surface area contributed by atoms with Crippen molar-refractivity contribution >= 4 is 17.8 Å². The van der Waals surface area contributed by atoms with Crippen LogP contribution >= 0.6 is 0 Å². The quantitative estimate of drug-likeness (QED) is 0.173. The molecule has 42 heavy (non-hydrogen) atoms. The second-order valence-electron chi connectivity index (χ2n) is 11.0. The van der Waals surface area contributed by atoms with Gasteiger partial charge in [0.15, 0.2) is 0 Å². The van der Waals surface area contributed by atoms with Gasteiger partial charge >= 0.3 is 5.97 Å². The van der Waals surface area contributed by atoms with Crippen LogP contribution in [0.1, 0.15) is 62.5 Å². The molecule has 2 atom stereocenters. The van der Waals surface area contributed by atoms with Crippen molar-refractivity contribution in [3.63, 3.8) is 0 Å². The summed E-state index contributed by atoms with van der Waals surface area (Å²) in [6.45, 7) is 7.73. The number of aliphatic hydroxyl groups is 1. The number of amides is 2. The Morgan fingerprint density at radius 1 is 0.976 bits per heavy atom. The van der Waals surface area contributed by atoms with Crippen LogP contribution in [0.4, 0.5) is 0 Å². The number of ether oxygens (including phenoxy) is 2. The highest BCUT2D eigenvalue weighted by molar-refractivity contribution is 5.86. The zero-order valence-electron chi connectivity index (χ0n) is 24.4. The van der Waals surface area contributed by atoms with Crippen molar-refractivity contribution in [3.05, 3.63) is 91.0 Å². The molecule has 0 aliphatic heterocycles. The Morgan fingerprint density at radius 2 is 1.69 bits per heavy atom. The van der Waals surface area contributed by atoms with Gasteiger partial charge < -0.3 is 25.2 Å². The van der Waals surface area contributed by atoms with Crippen LogP contribution in [0, 0.1) is 5.92 Å². The highest BCUT2D eigenvalue weighted by atomic mass is 16.5. The molecule has 0 spiro atoms. The van der Waals surface area contributed by atoms with Gasteiger partial charge in [-0.1, -0.05) is 67.5 Å². The molecule has 1 aliphatic rings. The highest BCUT2D eigenvalue weighted by Crippen LogP contribution is 2.31. The maximum atomic E-state index is 13.3. The number of nitrogens with one attached hydrogen (secondary N) is 2. The van der Waals surface area contributed by atoms with Crippen LogP contribution in [0.3, 0.4) is 0 Å². The normalized spacial score (nSPS) is 15.2. The average molecular weight is 577 g/mol. The third-order valence-electron chi connectivity index (χ3n) is 7.50. The fourth-order valence-corrected chi connectivity index (χ4v) is 5.13. The van der Waals surface area contributed by atoms with Gasteiger partial charge in [-0.25, -0.2) is 0 Å². The molecule has 226 valence electrons. The summed E-state index contributed by atoms with van der Waals surface area (Å²) in [7, 11) is 0. The lowest BCUT2D eigenvalue weighted by atomic mass is 9.94. The van der Waals surface area contributed by atoms with Gasteiger partial charge in [0, 0.05) is 12.8 Å². The minimum absolute atomic E-state index is 0.0458. The predicted molar refractivity (Wildman–Crippen MR) is 163 cm³/mol. The largest absolute Gasteiger partial charge is 0.489 e. The van der Waals surface area contributed by atoms with Crippen LogP contribution in [0.25, 0.3) is 0 Å². The third kappa shape index (κ3) is 10.8. The van der Waals surface area contributed by atoms with Crippen LogP contribution in [0.15, 0.2) is 79.9 Å². The number of esters is 1. The van der Waals surface area contributed by atoms with E-state index < -0.39 is 17.5 Å². The Balaban J connectivity index is 1.51. The standard InChI is InChI=1S/C34H44N2O6/c1-3-5-14-32(39)42-25-34(19-9-10-20-34)36-33(40)28(11-4-2)22-31(38)35-29(23-37)21-26-15-17-30(18-16-26)41-24-27-12-7-6-8-13-27/h3-4,6-8,12-13,15-18,28-29,37H,1-2,5,9-11,14,19-25H2,(H,35,38)(H,36,40). The first-order chi connectivity index (χ1) is 20.4. The van der Waals surface area contributed by atoms with E-state index in [-0.39, 0.29) is 43.8 Å². The number of hydrogen-bond acceptors (Lipinski definition) is 6. The molecular formula is C34H44N2O6. The fraction of sp³-hybridized carbons (Fsp3) is 0.441. The molecule has 0 heterocycles. The van der Waals surface area contributed by atoms with Gasteiger partial charge in [0.2, 0.25) is 11.8 Å². The molecule has 3 rings (SSSR count). The number of aliphatic hydroxyl groups excluding tert-OH is 1. The van der Waals surface area contributed by atoms with Gasteiger partial charge in [-0.15, -0.1) is 13.2 Å². The van der Waals surface area contributed by atoms with Gasteiger partial charge in [-0.3, -0.25) is 14.4 Å². The summed E-state index contributed by atoms with van der Waals surface area (Å²) < 4.78 is 11.3. The van der Waals surface area contributed by atoms with Crippen molar-refractivity contribution < 1.29 is 29.0 Å². The van der Waals surface area contributed by atoms with Gasteiger partial charge in [0.25, 0.3) is 0 Å². The second-order valence-corrected chi connectivity index (χ2v) is 11.0. The van der Waals surface area contributed by atoms with Crippen molar-refractivity contribution in [2.24, 2.45) is 5.92 Å². The third-order valence-corrected chi connectivity index (χ3v) is 7.50. The smallest absolute Gasteiger partial charge is 0.306 e. The Morgan fingerprint density at radius 3 is 2.33 bits per heavy atom. The number of hydrogen-bond donors (Lipinski definition) is 3. The molecule has 1 fully saturated rings. The lowest BCUT2D eigenvalue weighted by Gasteiger charge is -2.31. The Hall–Kier alpha value is -3.91. The monoisotopic (exact) mass is 576 g/mol. The van der Waals surface area contributed by atoms with Crippen molar-refractivity contribution in [3.8, 4) is 5.75 Å². The van der Waals surface area contributed by atoms with Gasteiger partial charge in [0.1, 0.15) is 19.0 Å². The molecule has 2 unspecified atom stereocenters. The molecule has 3 N–H and O–H groups in total. The number of carbonyl (C=O) groups is 3. The fourth-order valence-electron chi connectivity index (χ4n) is 5.13. The topological polar surface area (TPSA) is 114 Å². The summed E-state index contributed by atoms with van der Waals surface area (Å²) in [5, 5.41) is 15.9. The number of allylic oxidation sites excluding steroid dienone is 2. The Kier molecular flexibility index (Phi) is 13.3. The molecule has 2 aromatic rings. The number of carbonyl (C=O) groups excluding carboxylic acids is 3. The Bertz CT molecular complexity index is 1160. The van der Waals surface area contributed by atoms with E-state index in [0.29, 0.717) is 38.7 Å². The van der Waals surface area contributed by atoms with E-state index in [9.17, 15) is 19.5 Å². The van der Waals surface area contributed by atoms with Gasteiger partial charge in [-0.2, -0.15) is 0 Å². The summed E-state index contributed by atoms with van der Waals surface area (Å²) in [6, 6.07) is 17.0. The predicted octanol–water partition coefficient (Wildman–Crippen LogP) is 4.81. The molecule has 8 nitrogen and oxygen atoms in total. The summed E-state index contributed by atoms with van der Waals surface area (Å²) in [4.78, 5) is 38.3.